The van der Waals surface area contributed by atoms with Gasteiger partial charge in [0.2, 0.25) is 5.91 Å². The number of aromatic nitrogens is 2. The summed E-state index contributed by atoms with van der Waals surface area (Å²) in [6, 6.07) is 0. The van der Waals surface area contributed by atoms with E-state index in [2.05, 4.69) is 5.10 Å². The Morgan fingerprint density at radius 3 is 2.47 bits per heavy atom. The van der Waals surface area contributed by atoms with Crippen LogP contribution < -0.4 is 16.9 Å². The smallest absolute Gasteiger partial charge is 0.268 e. The zero-order valence-corrected chi connectivity index (χ0v) is 8.66. The summed E-state index contributed by atoms with van der Waals surface area (Å²) in [7, 11) is 0. The van der Waals surface area contributed by atoms with E-state index in [0.29, 0.717) is 11.1 Å². The zero-order valence-electron chi connectivity index (χ0n) is 8.66. The van der Waals surface area contributed by atoms with E-state index in [1.165, 1.54) is 0 Å². The molecule has 1 amide bonds. The molecule has 1 aromatic heterocycles. The molecule has 0 radical (unpaired) electrons. The van der Waals surface area contributed by atoms with Gasteiger partial charge in [0.05, 0.1) is 6.54 Å². The van der Waals surface area contributed by atoms with E-state index in [0.717, 1.165) is 4.68 Å². The molecule has 1 rings (SSSR count). The van der Waals surface area contributed by atoms with Gasteiger partial charge < -0.3 is 5.73 Å². The van der Waals surface area contributed by atoms with Crippen LogP contribution in [0.2, 0.25) is 0 Å². The number of aryl methyl sites for hydroxylation is 1. The number of aromatic amines is 1. The van der Waals surface area contributed by atoms with Crippen molar-refractivity contribution in [1.82, 2.24) is 9.78 Å². The van der Waals surface area contributed by atoms with Crippen LogP contribution in [0.1, 0.15) is 17.5 Å². The second-order valence-corrected chi connectivity index (χ2v) is 3.36. The molecule has 6 nitrogen and oxygen atoms in total. The molecule has 6 heteroatoms. The summed E-state index contributed by atoms with van der Waals surface area (Å²) >= 11 is 0. The van der Waals surface area contributed by atoms with Crippen molar-refractivity contribution in [2.75, 3.05) is 0 Å². The molecule has 0 fully saturated rings. The van der Waals surface area contributed by atoms with E-state index in [4.69, 9.17) is 5.73 Å². The SMILES string of the molecule is Cc1c(C)c(=O)n(CCC(N)=O)[nH]c1=O. The van der Waals surface area contributed by atoms with Crippen molar-refractivity contribution >= 4 is 5.91 Å². The average Bonchev–Trinajstić information content (AvgIpc) is 2.18. The minimum atomic E-state index is -0.513. The molecule has 0 aliphatic heterocycles. The van der Waals surface area contributed by atoms with Gasteiger partial charge in [0.15, 0.2) is 0 Å². The normalized spacial score (nSPS) is 10.3. The van der Waals surface area contributed by atoms with Crippen LogP contribution in [0.4, 0.5) is 0 Å². The quantitative estimate of drug-likeness (QED) is 0.672. The van der Waals surface area contributed by atoms with E-state index < -0.39 is 5.91 Å². The highest BCUT2D eigenvalue weighted by Crippen LogP contribution is 1.91. The molecular formula is C9H13N3O3. The van der Waals surface area contributed by atoms with Crippen LogP contribution in [0.5, 0.6) is 0 Å². The maximum absolute atomic E-state index is 11.6. The van der Waals surface area contributed by atoms with Gasteiger partial charge in [-0.1, -0.05) is 0 Å². The van der Waals surface area contributed by atoms with Crippen LogP contribution in [0.25, 0.3) is 0 Å². The molecule has 0 aliphatic carbocycles. The first-order valence-electron chi connectivity index (χ1n) is 4.52. The maximum Gasteiger partial charge on any atom is 0.268 e. The highest BCUT2D eigenvalue weighted by atomic mass is 16.2. The van der Waals surface area contributed by atoms with E-state index in [-0.39, 0.29) is 24.1 Å². The first-order chi connectivity index (χ1) is 6.93. The molecule has 0 spiro atoms. The molecule has 0 aromatic carbocycles. The van der Waals surface area contributed by atoms with Crippen LogP contribution in [0, 0.1) is 13.8 Å². The third kappa shape index (κ3) is 2.34. The zero-order chi connectivity index (χ0) is 11.6. The Balaban J connectivity index is 3.16. The molecule has 1 aromatic rings. The Morgan fingerprint density at radius 1 is 1.33 bits per heavy atom. The molecule has 82 valence electrons. The highest BCUT2D eigenvalue weighted by molar-refractivity contribution is 5.73. The van der Waals surface area contributed by atoms with Gasteiger partial charge in [-0.25, -0.2) is 4.68 Å². The first kappa shape index (κ1) is 11.2. The molecule has 0 saturated heterocycles. The number of primary amides is 1. The molecule has 0 saturated carbocycles. The van der Waals surface area contributed by atoms with Crippen LogP contribution >= 0.6 is 0 Å². The van der Waals surface area contributed by atoms with Gasteiger partial charge in [-0.05, 0) is 13.8 Å². The van der Waals surface area contributed by atoms with Crippen LogP contribution in [0.3, 0.4) is 0 Å². The molecule has 1 heterocycles. The summed E-state index contributed by atoms with van der Waals surface area (Å²) < 4.78 is 1.11. The van der Waals surface area contributed by atoms with E-state index >= 15 is 0 Å². The molecule has 0 bridgehead atoms. The lowest BCUT2D eigenvalue weighted by Gasteiger charge is -2.06. The van der Waals surface area contributed by atoms with Crippen molar-refractivity contribution in [2.45, 2.75) is 26.8 Å². The standard InChI is InChI=1S/C9H13N3O3/c1-5-6(2)9(15)12(11-8(5)14)4-3-7(10)13/h3-4H2,1-2H3,(H2,10,13)(H,11,14). The Morgan fingerprint density at radius 2 is 1.93 bits per heavy atom. The third-order valence-electron chi connectivity index (χ3n) is 2.29. The van der Waals surface area contributed by atoms with E-state index in [1.54, 1.807) is 13.8 Å². The van der Waals surface area contributed by atoms with Gasteiger partial charge in [0, 0.05) is 17.5 Å². The van der Waals surface area contributed by atoms with Crippen LogP contribution in [-0.4, -0.2) is 15.7 Å². The summed E-state index contributed by atoms with van der Waals surface area (Å²) in [5.74, 6) is -0.513. The number of nitrogens with one attached hydrogen (secondary N) is 1. The third-order valence-corrected chi connectivity index (χ3v) is 2.29. The fourth-order valence-electron chi connectivity index (χ4n) is 1.17. The number of hydrogen-bond donors (Lipinski definition) is 2. The second-order valence-electron chi connectivity index (χ2n) is 3.36. The van der Waals surface area contributed by atoms with Crippen molar-refractivity contribution < 1.29 is 4.79 Å². The van der Waals surface area contributed by atoms with Gasteiger partial charge >= 0.3 is 0 Å². The minimum Gasteiger partial charge on any atom is -0.370 e. The van der Waals surface area contributed by atoms with Crippen molar-refractivity contribution in [3.8, 4) is 0 Å². The van der Waals surface area contributed by atoms with Crippen molar-refractivity contribution in [2.24, 2.45) is 5.73 Å². The molecule has 0 atom stereocenters. The number of rotatable bonds is 3. The monoisotopic (exact) mass is 211 g/mol. The molecular weight excluding hydrogens is 198 g/mol. The Labute approximate surface area is 85.7 Å². The fraction of sp³-hybridized carbons (Fsp3) is 0.444. The van der Waals surface area contributed by atoms with Gasteiger partial charge in [-0.3, -0.25) is 19.5 Å². The largest absolute Gasteiger partial charge is 0.370 e. The summed E-state index contributed by atoms with van der Waals surface area (Å²) in [6.07, 6.45) is 0.0261. The number of hydrogen-bond acceptors (Lipinski definition) is 3. The van der Waals surface area contributed by atoms with Gasteiger partial charge in [0.25, 0.3) is 11.1 Å². The number of H-pyrrole nitrogens is 1. The summed E-state index contributed by atoms with van der Waals surface area (Å²) in [5, 5.41) is 2.38. The van der Waals surface area contributed by atoms with Crippen molar-refractivity contribution in [3.05, 3.63) is 31.8 Å². The van der Waals surface area contributed by atoms with E-state index in [1.807, 2.05) is 0 Å². The fourth-order valence-corrected chi connectivity index (χ4v) is 1.17. The predicted molar refractivity (Wildman–Crippen MR) is 54.6 cm³/mol. The Bertz CT molecular complexity index is 498. The topological polar surface area (TPSA) is 97.9 Å². The predicted octanol–water partition coefficient (Wildman–Crippen LogP) is -0.971. The van der Waals surface area contributed by atoms with Gasteiger partial charge in [-0.15, -0.1) is 0 Å². The minimum absolute atomic E-state index is 0.0261. The van der Waals surface area contributed by atoms with E-state index in [9.17, 15) is 14.4 Å². The average molecular weight is 211 g/mol. The Kier molecular flexibility index (Phi) is 3.08. The van der Waals surface area contributed by atoms with Crippen LogP contribution in [-0.2, 0) is 11.3 Å². The lowest BCUT2D eigenvalue weighted by atomic mass is 10.2. The lowest BCUT2D eigenvalue weighted by molar-refractivity contribution is -0.118. The number of nitrogens with zero attached hydrogens (tertiary/aromatic N) is 1. The first-order valence-corrected chi connectivity index (χ1v) is 4.52. The number of nitrogens with two attached hydrogens (primary N) is 1. The lowest BCUT2D eigenvalue weighted by Crippen LogP contribution is -2.34. The van der Waals surface area contributed by atoms with Crippen molar-refractivity contribution in [3.63, 3.8) is 0 Å². The number of carbonyl (C=O) groups excluding carboxylic acids is 1. The molecule has 0 unspecified atom stereocenters. The summed E-state index contributed by atoms with van der Waals surface area (Å²) in [5.41, 5.74) is 5.12. The van der Waals surface area contributed by atoms with Crippen molar-refractivity contribution in [1.29, 1.82) is 0 Å². The molecule has 15 heavy (non-hydrogen) atoms. The second kappa shape index (κ2) is 4.12. The molecule has 0 aliphatic rings. The highest BCUT2D eigenvalue weighted by Gasteiger charge is 2.07. The maximum atomic E-state index is 11.6. The van der Waals surface area contributed by atoms with Gasteiger partial charge in [-0.2, -0.15) is 0 Å². The van der Waals surface area contributed by atoms with Crippen LogP contribution in [0.15, 0.2) is 9.59 Å². The number of amides is 1. The summed E-state index contributed by atoms with van der Waals surface area (Å²) in [6.45, 7) is 3.26. The summed E-state index contributed by atoms with van der Waals surface area (Å²) in [4.78, 5) is 33.5. The number of carbonyl (C=O) groups is 1. The Hall–Kier alpha value is -1.85. The van der Waals surface area contributed by atoms with Gasteiger partial charge in [0.1, 0.15) is 0 Å². The molecule has 3 N–H and O–H groups in total.